The van der Waals surface area contributed by atoms with Gasteiger partial charge < -0.3 is 10.1 Å². The molecular formula is C16H28N2OS. The third-order valence-electron chi connectivity index (χ3n) is 4.50. The van der Waals surface area contributed by atoms with Crippen LogP contribution in [0.1, 0.15) is 56.9 Å². The highest BCUT2D eigenvalue weighted by Crippen LogP contribution is 2.39. The summed E-state index contributed by atoms with van der Waals surface area (Å²) in [6.45, 7) is 3.98. The molecular weight excluding hydrogens is 268 g/mol. The molecule has 2 unspecified atom stereocenters. The Balaban J connectivity index is 2.06. The molecule has 0 spiro atoms. The number of thiazole rings is 1. The van der Waals surface area contributed by atoms with Gasteiger partial charge in [0.25, 0.3) is 0 Å². The first-order chi connectivity index (χ1) is 9.80. The number of nitrogens with one attached hydrogen (secondary N) is 1. The highest BCUT2D eigenvalue weighted by Gasteiger charge is 2.36. The van der Waals surface area contributed by atoms with Crippen molar-refractivity contribution in [2.75, 3.05) is 20.3 Å². The maximum atomic E-state index is 5.21. The average molecular weight is 296 g/mol. The van der Waals surface area contributed by atoms with E-state index in [1.54, 1.807) is 18.4 Å². The molecule has 114 valence electrons. The van der Waals surface area contributed by atoms with Gasteiger partial charge in [0.15, 0.2) is 0 Å². The Labute approximate surface area is 127 Å². The normalized spacial score (nSPS) is 27.4. The molecule has 2 rings (SSSR count). The Kier molecular flexibility index (Phi) is 6.46. The van der Waals surface area contributed by atoms with Crippen LogP contribution >= 0.6 is 11.3 Å². The Morgan fingerprint density at radius 3 is 3.05 bits per heavy atom. The summed E-state index contributed by atoms with van der Waals surface area (Å²) >= 11 is 1.80. The monoisotopic (exact) mass is 296 g/mol. The van der Waals surface area contributed by atoms with E-state index in [-0.39, 0.29) is 5.54 Å². The van der Waals surface area contributed by atoms with Crippen LogP contribution in [0.2, 0.25) is 0 Å². The van der Waals surface area contributed by atoms with E-state index in [9.17, 15) is 0 Å². The summed E-state index contributed by atoms with van der Waals surface area (Å²) in [4.78, 5) is 4.62. The number of nitrogens with zero attached hydrogens (tertiary/aromatic N) is 1. The van der Waals surface area contributed by atoms with E-state index in [0.717, 1.165) is 19.1 Å². The average Bonchev–Trinajstić information content (AvgIpc) is 2.92. The maximum Gasteiger partial charge on any atom is 0.113 e. The second-order valence-corrected chi connectivity index (χ2v) is 6.82. The van der Waals surface area contributed by atoms with Crippen molar-refractivity contribution < 1.29 is 4.74 Å². The van der Waals surface area contributed by atoms with E-state index >= 15 is 0 Å². The molecule has 1 N–H and O–H groups in total. The predicted octanol–water partition coefficient (Wildman–Crippen LogP) is 3.95. The molecule has 0 saturated heterocycles. The van der Waals surface area contributed by atoms with Crippen molar-refractivity contribution in [1.82, 2.24) is 10.3 Å². The van der Waals surface area contributed by atoms with Crippen molar-refractivity contribution in [3.8, 4) is 0 Å². The Morgan fingerprint density at radius 2 is 2.35 bits per heavy atom. The smallest absolute Gasteiger partial charge is 0.113 e. The van der Waals surface area contributed by atoms with Crippen molar-refractivity contribution >= 4 is 11.3 Å². The van der Waals surface area contributed by atoms with Crippen LogP contribution in [0.15, 0.2) is 11.6 Å². The molecule has 0 radical (unpaired) electrons. The first kappa shape index (κ1) is 15.9. The van der Waals surface area contributed by atoms with Crippen LogP contribution in [0.4, 0.5) is 0 Å². The summed E-state index contributed by atoms with van der Waals surface area (Å²) in [7, 11) is 1.77. The Bertz CT molecular complexity index is 369. The van der Waals surface area contributed by atoms with Gasteiger partial charge in [-0.2, -0.15) is 0 Å². The van der Waals surface area contributed by atoms with Gasteiger partial charge in [-0.1, -0.05) is 32.6 Å². The van der Waals surface area contributed by atoms with Gasteiger partial charge >= 0.3 is 0 Å². The zero-order chi connectivity index (χ0) is 14.3. The molecule has 20 heavy (non-hydrogen) atoms. The summed E-state index contributed by atoms with van der Waals surface area (Å²) in [6.07, 6.45) is 11.1. The summed E-state index contributed by atoms with van der Waals surface area (Å²) in [5.74, 6) is 0.908. The predicted molar refractivity (Wildman–Crippen MR) is 85.2 cm³/mol. The molecule has 1 aliphatic carbocycles. The van der Waals surface area contributed by atoms with Gasteiger partial charge in [-0.25, -0.2) is 4.98 Å². The molecule has 0 aliphatic heterocycles. The first-order valence-electron chi connectivity index (χ1n) is 7.94. The zero-order valence-electron chi connectivity index (χ0n) is 12.9. The van der Waals surface area contributed by atoms with E-state index in [2.05, 4.69) is 22.6 Å². The minimum atomic E-state index is 0.0924. The Hall–Kier alpha value is -0.450. The van der Waals surface area contributed by atoms with Crippen LogP contribution in [0.5, 0.6) is 0 Å². The number of hydrogen-bond donors (Lipinski definition) is 1. The fourth-order valence-electron chi connectivity index (χ4n) is 3.43. The first-order valence-corrected chi connectivity index (χ1v) is 8.82. The van der Waals surface area contributed by atoms with E-state index in [4.69, 9.17) is 4.74 Å². The molecule has 0 aromatic carbocycles. The van der Waals surface area contributed by atoms with Gasteiger partial charge in [0.1, 0.15) is 5.01 Å². The minimum Gasteiger partial charge on any atom is -0.383 e. The lowest BCUT2D eigenvalue weighted by molar-refractivity contribution is 0.177. The van der Waals surface area contributed by atoms with Crippen molar-refractivity contribution in [3.05, 3.63) is 16.6 Å². The lowest BCUT2D eigenvalue weighted by Gasteiger charge is -2.32. The second kappa shape index (κ2) is 8.11. The third kappa shape index (κ3) is 4.03. The third-order valence-corrected chi connectivity index (χ3v) is 5.48. The second-order valence-electron chi connectivity index (χ2n) is 5.92. The van der Waals surface area contributed by atoms with Gasteiger partial charge in [-0.15, -0.1) is 11.3 Å². The summed E-state index contributed by atoms with van der Waals surface area (Å²) in [6, 6.07) is 0. The van der Waals surface area contributed by atoms with Gasteiger partial charge in [-0.05, 0) is 25.2 Å². The molecule has 1 aromatic rings. The van der Waals surface area contributed by atoms with E-state index in [0.29, 0.717) is 0 Å². The van der Waals surface area contributed by atoms with Gasteiger partial charge in [-0.3, -0.25) is 0 Å². The molecule has 1 aromatic heterocycles. The van der Waals surface area contributed by atoms with Crippen LogP contribution in [-0.2, 0) is 10.3 Å². The highest BCUT2D eigenvalue weighted by atomic mass is 32.1. The zero-order valence-corrected chi connectivity index (χ0v) is 13.7. The SMILES string of the molecule is CCCC1CCCC(NCCOC)(c2nccs2)CC1. The van der Waals surface area contributed by atoms with Crippen LogP contribution in [0.25, 0.3) is 0 Å². The van der Waals surface area contributed by atoms with Crippen LogP contribution < -0.4 is 5.32 Å². The number of aromatic nitrogens is 1. The number of methoxy groups -OCH3 is 1. The molecule has 4 heteroatoms. The molecule has 0 bridgehead atoms. The van der Waals surface area contributed by atoms with E-state index in [1.165, 1.54) is 50.0 Å². The number of ether oxygens (including phenoxy) is 1. The van der Waals surface area contributed by atoms with Gasteiger partial charge in [0, 0.05) is 25.2 Å². The summed E-state index contributed by atoms with van der Waals surface area (Å²) in [5, 5.41) is 7.13. The van der Waals surface area contributed by atoms with E-state index < -0.39 is 0 Å². The summed E-state index contributed by atoms with van der Waals surface area (Å²) < 4.78 is 5.21. The molecule has 1 heterocycles. The summed E-state index contributed by atoms with van der Waals surface area (Å²) in [5.41, 5.74) is 0.0924. The largest absolute Gasteiger partial charge is 0.383 e. The number of hydrogen-bond acceptors (Lipinski definition) is 4. The lowest BCUT2D eigenvalue weighted by Crippen LogP contribution is -2.43. The van der Waals surface area contributed by atoms with Crippen molar-refractivity contribution in [3.63, 3.8) is 0 Å². The van der Waals surface area contributed by atoms with Crippen molar-refractivity contribution in [1.29, 1.82) is 0 Å². The quantitative estimate of drug-likeness (QED) is 0.611. The van der Waals surface area contributed by atoms with Crippen molar-refractivity contribution in [2.45, 2.75) is 57.4 Å². The fraction of sp³-hybridized carbons (Fsp3) is 0.812. The fourth-order valence-corrected chi connectivity index (χ4v) is 4.30. The van der Waals surface area contributed by atoms with Crippen LogP contribution in [-0.4, -0.2) is 25.2 Å². The van der Waals surface area contributed by atoms with E-state index in [1.807, 2.05) is 6.20 Å². The van der Waals surface area contributed by atoms with Gasteiger partial charge in [0.05, 0.1) is 12.1 Å². The molecule has 0 amide bonds. The molecule has 2 atom stereocenters. The van der Waals surface area contributed by atoms with Crippen molar-refractivity contribution in [2.24, 2.45) is 5.92 Å². The lowest BCUT2D eigenvalue weighted by atomic mass is 9.89. The standard InChI is InChI=1S/C16H28N2OS/c1-3-5-14-6-4-8-16(9-7-14,18-10-12-19-2)15-17-11-13-20-15/h11,13-14,18H,3-10,12H2,1-2H3. The molecule has 1 aliphatic rings. The van der Waals surface area contributed by atoms with Crippen LogP contribution in [0.3, 0.4) is 0 Å². The minimum absolute atomic E-state index is 0.0924. The molecule has 1 saturated carbocycles. The Morgan fingerprint density at radius 1 is 1.45 bits per heavy atom. The number of rotatable bonds is 7. The topological polar surface area (TPSA) is 34.1 Å². The molecule has 1 fully saturated rings. The van der Waals surface area contributed by atoms with Crippen LogP contribution in [0, 0.1) is 5.92 Å². The van der Waals surface area contributed by atoms with Gasteiger partial charge in [0.2, 0.25) is 0 Å². The maximum absolute atomic E-state index is 5.21. The highest BCUT2D eigenvalue weighted by molar-refractivity contribution is 7.09. The molecule has 3 nitrogen and oxygen atoms in total.